The molecule has 0 saturated carbocycles. The number of thioether (sulfide) groups is 1. The number of nitrogens with zero attached hydrogens (tertiary/aromatic N) is 1. The molecule has 0 aliphatic rings. The molecule has 0 aliphatic carbocycles. The van der Waals surface area contributed by atoms with Gasteiger partial charge >= 0.3 is 0 Å². The van der Waals surface area contributed by atoms with E-state index in [1.165, 1.54) is 11.8 Å². The molecule has 7 heteroatoms. The lowest BCUT2D eigenvalue weighted by atomic mass is 10.0. The lowest BCUT2D eigenvalue weighted by Crippen LogP contribution is -2.50. The third-order valence-corrected chi connectivity index (χ3v) is 6.83. The summed E-state index contributed by atoms with van der Waals surface area (Å²) >= 11 is 7.92. The summed E-state index contributed by atoms with van der Waals surface area (Å²) in [5, 5.41) is 3.30. The van der Waals surface area contributed by atoms with E-state index in [2.05, 4.69) is 5.32 Å². The zero-order valence-electron chi connectivity index (χ0n) is 19.4. The predicted octanol–water partition coefficient (Wildman–Crippen LogP) is 4.97. The third-order valence-electron chi connectivity index (χ3n) is 5.47. The Balaban J connectivity index is 1.79. The van der Waals surface area contributed by atoms with Gasteiger partial charge in [0.1, 0.15) is 11.8 Å². The summed E-state index contributed by atoms with van der Waals surface area (Å²) in [6.45, 7) is 0.256. The molecule has 0 spiro atoms. The van der Waals surface area contributed by atoms with Crippen molar-refractivity contribution in [2.24, 2.45) is 0 Å². The average Bonchev–Trinajstić information content (AvgIpc) is 2.87. The van der Waals surface area contributed by atoms with E-state index >= 15 is 0 Å². The smallest absolute Gasteiger partial charge is 0.242 e. The largest absolute Gasteiger partial charge is 0.497 e. The molecular formula is C27H29ClN2O3S. The number of carbonyl (C=O) groups is 2. The van der Waals surface area contributed by atoms with Crippen molar-refractivity contribution in [2.75, 3.05) is 19.9 Å². The van der Waals surface area contributed by atoms with Crippen LogP contribution in [-0.2, 0) is 28.3 Å². The number of halogens is 1. The van der Waals surface area contributed by atoms with E-state index < -0.39 is 6.04 Å². The minimum Gasteiger partial charge on any atom is -0.497 e. The summed E-state index contributed by atoms with van der Waals surface area (Å²) in [6.07, 6.45) is 0.417. The molecule has 5 nitrogen and oxygen atoms in total. The first-order valence-electron chi connectivity index (χ1n) is 11.0. The quantitative estimate of drug-likeness (QED) is 0.407. The van der Waals surface area contributed by atoms with Gasteiger partial charge in [0.15, 0.2) is 0 Å². The van der Waals surface area contributed by atoms with E-state index in [0.717, 1.165) is 22.4 Å². The fourth-order valence-electron chi connectivity index (χ4n) is 3.59. The van der Waals surface area contributed by atoms with Crippen molar-refractivity contribution < 1.29 is 14.3 Å². The molecule has 1 atom stereocenters. The predicted molar refractivity (Wildman–Crippen MR) is 139 cm³/mol. The van der Waals surface area contributed by atoms with Gasteiger partial charge in [0.2, 0.25) is 11.8 Å². The number of nitrogens with one attached hydrogen (secondary N) is 1. The van der Waals surface area contributed by atoms with Crippen molar-refractivity contribution in [3.05, 3.63) is 101 Å². The Bertz CT molecular complexity index is 1080. The number of carbonyl (C=O) groups excluding carboxylic acids is 2. The summed E-state index contributed by atoms with van der Waals surface area (Å²) in [5.41, 5.74) is 2.89. The molecule has 0 heterocycles. The van der Waals surface area contributed by atoms with Gasteiger partial charge in [-0.2, -0.15) is 0 Å². The molecule has 3 aromatic rings. The number of rotatable bonds is 11. The zero-order chi connectivity index (χ0) is 24.3. The standard InChI is InChI=1S/C27H29ClN2O3S/c1-29-27(32)25(16-20-8-4-3-5-9-20)30(17-22-10-6-7-11-24(22)28)26(31)19-34-18-21-12-14-23(33-2)15-13-21/h3-15,25H,16-19H2,1-2H3,(H,29,32)/t25-/m1/s1. The molecule has 0 radical (unpaired) electrons. The Kier molecular flexibility index (Phi) is 9.86. The third kappa shape index (κ3) is 7.27. The second-order valence-corrected chi connectivity index (χ2v) is 9.17. The van der Waals surface area contributed by atoms with Crippen molar-refractivity contribution in [3.8, 4) is 5.75 Å². The van der Waals surface area contributed by atoms with Gasteiger partial charge in [-0.3, -0.25) is 9.59 Å². The number of amides is 2. The Hall–Kier alpha value is -2.96. The first-order valence-corrected chi connectivity index (χ1v) is 12.5. The number of hydrogen-bond acceptors (Lipinski definition) is 4. The highest BCUT2D eigenvalue weighted by Crippen LogP contribution is 2.22. The normalized spacial score (nSPS) is 11.5. The molecule has 0 saturated heterocycles. The Morgan fingerprint density at radius 3 is 2.29 bits per heavy atom. The van der Waals surface area contributed by atoms with Crippen LogP contribution >= 0.6 is 23.4 Å². The highest BCUT2D eigenvalue weighted by atomic mass is 35.5. The molecule has 0 fully saturated rings. The fourth-order valence-corrected chi connectivity index (χ4v) is 4.66. The Labute approximate surface area is 210 Å². The number of benzene rings is 3. The molecule has 1 N–H and O–H groups in total. The van der Waals surface area contributed by atoms with Gasteiger partial charge in [-0.05, 0) is 34.9 Å². The second-order valence-electron chi connectivity index (χ2n) is 7.77. The van der Waals surface area contributed by atoms with Crippen LogP contribution in [0, 0.1) is 0 Å². The van der Waals surface area contributed by atoms with Crippen LogP contribution in [0.25, 0.3) is 0 Å². The Morgan fingerprint density at radius 1 is 0.971 bits per heavy atom. The number of likely N-dealkylation sites (N-methyl/N-ethyl adjacent to an activating group) is 1. The van der Waals surface area contributed by atoms with Crippen molar-refractivity contribution in [1.82, 2.24) is 10.2 Å². The summed E-state index contributed by atoms with van der Waals surface area (Å²) in [7, 11) is 3.23. The summed E-state index contributed by atoms with van der Waals surface area (Å²) in [6, 6.07) is 24.3. The number of methoxy groups -OCH3 is 1. The summed E-state index contributed by atoms with van der Waals surface area (Å²) in [4.78, 5) is 28.0. The van der Waals surface area contributed by atoms with Gasteiger partial charge in [0.05, 0.1) is 12.9 Å². The van der Waals surface area contributed by atoms with Gasteiger partial charge in [-0.1, -0.05) is 72.3 Å². The number of hydrogen-bond donors (Lipinski definition) is 1. The molecule has 3 rings (SSSR count). The monoisotopic (exact) mass is 496 g/mol. The molecular weight excluding hydrogens is 468 g/mol. The van der Waals surface area contributed by atoms with Crippen molar-refractivity contribution >= 4 is 35.2 Å². The molecule has 3 aromatic carbocycles. The van der Waals surface area contributed by atoms with Crippen molar-refractivity contribution in [1.29, 1.82) is 0 Å². The lowest BCUT2D eigenvalue weighted by Gasteiger charge is -2.31. The first-order chi connectivity index (χ1) is 16.5. The van der Waals surface area contributed by atoms with Crippen molar-refractivity contribution in [2.45, 2.75) is 24.8 Å². The van der Waals surface area contributed by atoms with Crippen LogP contribution in [0.4, 0.5) is 0 Å². The molecule has 34 heavy (non-hydrogen) atoms. The molecule has 0 aliphatic heterocycles. The molecule has 178 valence electrons. The summed E-state index contributed by atoms with van der Waals surface area (Å²) < 4.78 is 5.20. The highest BCUT2D eigenvalue weighted by molar-refractivity contribution is 7.99. The first kappa shape index (κ1) is 25.7. The molecule has 0 bridgehead atoms. The lowest BCUT2D eigenvalue weighted by molar-refractivity contribution is -0.139. The average molecular weight is 497 g/mol. The van der Waals surface area contributed by atoms with Gasteiger partial charge in [-0.15, -0.1) is 11.8 Å². The SMILES string of the molecule is CNC(=O)[C@@H](Cc1ccccc1)N(Cc1ccccc1Cl)C(=O)CSCc1ccc(OC)cc1. The van der Waals surface area contributed by atoms with Crippen LogP contribution in [0.15, 0.2) is 78.9 Å². The van der Waals surface area contributed by atoms with E-state index in [1.54, 1.807) is 25.1 Å². The molecule has 2 amide bonds. The van der Waals surface area contributed by atoms with E-state index in [1.807, 2.05) is 72.8 Å². The minimum atomic E-state index is -0.655. The van der Waals surface area contributed by atoms with Gasteiger partial charge in [0, 0.05) is 30.8 Å². The van der Waals surface area contributed by atoms with E-state index in [0.29, 0.717) is 17.2 Å². The van der Waals surface area contributed by atoms with E-state index in [-0.39, 0.29) is 24.1 Å². The number of ether oxygens (including phenoxy) is 1. The van der Waals surface area contributed by atoms with E-state index in [4.69, 9.17) is 16.3 Å². The van der Waals surface area contributed by atoms with Gasteiger partial charge in [-0.25, -0.2) is 0 Å². The molecule has 0 aromatic heterocycles. The van der Waals surface area contributed by atoms with Crippen LogP contribution < -0.4 is 10.1 Å². The highest BCUT2D eigenvalue weighted by Gasteiger charge is 2.30. The fraction of sp³-hybridized carbons (Fsp3) is 0.259. The van der Waals surface area contributed by atoms with Crippen LogP contribution in [0.2, 0.25) is 5.02 Å². The van der Waals surface area contributed by atoms with Crippen LogP contribution in [0.1, 0.15) is 16.7 Å². The van der Waals surface area contributed by atoms with Gasteiger partial charge < -0.3 is 15.0 Å². The Morgan fingerprint density at radius 2 is 1.65 bits per heavy atom. The maximum Gasteiger partial charge on any atom is 0.242 e. The van der Waals surface area contributed by atoms with Crippen molar-refractivity contribution in [3.63, 3.8) is 0 Å². The van der Waals surface area contributed by atoms with Crippen LogP contribution in [-0.4, -0.2) is 42.7 Å². The topological polar surface area (TPSA) is 58.6 Å². The van der Waals surface area contributed by atoms with Crippen LogP contribution in [0.5, 0.6) is 5.75 Å². The molecule has 0 unspecified atom stereocenters. The second kappa shape index (κ2) is 13.1. The van der Waals surface area contributed by atoms with Gasteiger partial charge in [0.25, 0.3) is 0 Å². The maximum absolute atomic E-state index is 13.5. The summed E-state index contributed by atoms with van der Waals surface area (Å²) in [5.74, 6) is 1.41. The maximum atomic E-state index is 13.5. The van der Waals surface area contributed by atoms with Crippen LogP contribution in [0.3, 0.4) is 0 Å². The minimum absolute atomic E-state index is 0.108. The van der Waals surface area contributed by atoms with E-state index in [9.17, 15) is 9.59 Å². The zero-order valence-corrected chi connectivity index (χ0v) is 20.9.